The Morgan fingerprint density at radius 3 is 1.93 bits per heavy atom. The minimum Gasteiger partial charge on any atom is -0.395 e. The van der Waals surface area contributed by atoms with Crippen LogP contribution in [0.4, 0.5) is 0 Å². The summed E-state index contributed by atoms with van der Waals surface area (Å²) < 4.78 is 0. The molecule has 0 aliphatic carbocycles. The van der Waals surface area contributed by atoms with Gasteiger partial charge in [-0.15, -0.1) is 0 Å². The fourth-order valence-electron chi connectivity index (χ4n) is 1.63. The largest absolute Gasteiger partial charge is 0.395 e. The topological polar surface area (TPSA) is 46.2 Å². The van der Waals surface area contributed by atoms with Gasteiger partial charge in [0, 0.05) is 6.04 Å². The molecule has 2 nitrogen and oxygen atoms in total. The molecule has 0 rings (SSSR count). The zero-order valence-electron chi connectivity index (χ0n) is 9.67. The van der Waals surface area contributed by atoms with Crippen molar-refractivity contribution < 1.29 is 5.11 Å². The second kappa shape index (κ2) is 11.0. The van der Waals surface area contributed by atoms with Gasteiger partial charge in [-0.1, -0.05) is 58.3 Å². The molecule has 3 N–H and O–H groups in total. The molecule has 0 saturated heterocycles. The van der Waals surface area contributed by atoms with E-state index in [9.17, 15) is 0 Å². The molecule has 0 aromatic heterocycles. The van der Waals surface area contributed by atoms with Crippen LogP contribution >= 0.6 is 0 Å². The summed E-state index contributed by atoms with van der Waals surface area (Å²) >= 11 is 0. The van der Waals surface area contributed by atoms with Gasteiger partial charge >= 0.3 is 0 Å². The van der Waals surface area contributed by atoms with Crippen LogP contribution in [0.2, 0.25) is 0 Å². The number of aliphatic hydroxyl groups excluding tert-OH is 1. The van der Waals surface area contributed by atoms with Gasteiger partial charge in [0.2, 0.25) is 0 Å². The van der Waals surface area contributed by atoms with Crippen molar-refractivity contribution in [1.29, 1.82) is 0 Å². The van der Waals surface area contributed by atoms with Crippen LogP contribution in [-0.2, 0) is 0 Å². The summed E-state index contributed by atoms with van der Waals surface area (Å²) in [5.74, 6) is 0. The van der Waals surface area contributed by atoms with Crippen molar-refractivity contribution in [3.63, 3.8) is 0 Å². The van der Waals surface area contributed by atoms with Gasteiger partial charge in [-0.2, -0.15) is 0 Å². The molecule has 0 saturated carbocycles. The van der Waals surface area contributed by atoms with Gasteiger partial charge in [-0.3, -0.25) is 0 Å². The predicted molar refractivity (Wildman–Crippen MR) is 62.3 cm³/mol. The third kappa shape index (κ3) is 10.0. The Kier molecular flexibility index (Phi) is 10.9. The summed E-state index contributed by atoms with van der Waals surface area (Å²) in [7, 11) is 0. The van der Waals surface area contributed by atoms with Crippen molar-refractivity contribution in [2.75, 3.05) is 6.61 Å². The smallest absolute Gasteiger partial charge is 0.0582 e. The Morgan fingerprint density at radius 2 is 1.43 bits per heavy atom. The standard InChI is InChI=1S/C12H27NO/c1-2-3-4-5-6-7-8-9-10-12(13)11-14/h12,14H,2-11,13H2,1H3/t12-/m0/s1. The van der Waals surface area contributed by atoms with E-state index >= 15 is 0 Å². The summed E-state index contributed by atoms with van der Waals surface area (Å²) in [5.41, 5.74) is 5.60. The van der Waals surface area contributed by atoms with Gasteiger partial charge in [0.05, 0.1) is 6.61 Å². The number of unbranched alkanes of at least 4 members (excludes halogenated alkanes) is 7. The predicted octanol–water partition coefficient (Wildman–Crippen LogP) is 2.84. The van der Waals surface area contributed by atoms with Crippen molar-refractivity contribution in [1.82, 2.24) is 0 Å². The molecular formula is C12H27NO. The quantitative estimate of drug-likeness (QED) is 0.534. The van der Waals surface area contributed by atoms with Crippen molar-refractivity contribution in [3.8, 4) is 0 Å². The first kappa shape index (κ1) is 13.9. The third-order valence-electron chi connectivity index (χ3n) is 2.66. The summed E-state index contributed by atoms with van der Waals surface area (Å²) in [5, 5.41) is 8.71. The maximum absolute atomic E-state index is 8.71. The number of nitrogens with two attached hydrogens (primary N) is 1. The fraction of sp³-hybridized carbons (Fsp3) is 1.00. The van der Waals surface area contributed by atoms with E-state index in [4.69, 9.17) is 10.8 Å². The van der Waals surface area contributed by atoms with Crippen LogP contribution in [0.1, 0.15) is 64.7 Å². The summed E-state index contributed by atoms with van der Waals surface area (Å²) in [4.78, 5) is 0. The molecule has 0 spiro atoms. The van der Waals surface area contributed by atoms with Crippen molar-refractivity contribution in [3.05, 3.63) is 0 Å². The van der Waals surface area contributed by atoms with Gasteiger partial charge in [0.25, 0.3) is 0 Å². The average Bonchev–Trinajstić information content (AvgIpc) is 2.21. The molecule has 0 unspecified atom stereocenters. The van der Waals surface area contributed by atoms with Crippen LogP contribution in [0.15, 0.2) is 0 Å². The number of hydrogen-bond acceptors (Lipinski definition) is 2. The Labute approximate surface area is 88.9 Å². The lowest BCUT2D eigenvalue weighted by Gasteiger charge is -2.06. The second-order valence-corrected chi connectivity index (χ2v) is 4.21. The van der Waals surface area contributed by atoms with Crippen LogP contribution in [0.5, 0.6) is 0 Å². The molecule has 0 aromatic carbocycles. The lowest BCUT2D eigenvalue weighted by Crippen LogP contribution is -2.23. The molecule has 0 bridgehead atoms. The number of rotatable bonds is 10. The molecule has 0 radical (unpaired) electrons. The molecular weight excluding hydrogens is 174 g/mol. The van der Waals surface area contributed by atoms with Crippen LogP contribution in [-0.4, -0.2) is 17.8 Å². The van der Waals surface area contributed by atoms with E-state index in [-0.39, 0.29) is 12.6 Å². The van der Waals surface area contributed by atoms with E-state index in [1.54, 1.807) is 0 Å². The molecule has 0 amide bonds. The van der Waals surface area contributed by atoms with Crippen molar-refractivity contribution in [2.24, 2.45) is 5.73 Å². The van der Waals surface area contributed by atoms with E-state index in [0.717, 1.165) is 6.42 Å². The monoisotopic (exact) mass is 201 g/mol. The lowest BCUT2D eigenvalue weighted by molar-refractivity contribution is 0.257. The van der Waals surface area contributed by atoms with Crippen molar-refractivity contribution >= 4 is 0 Å². The van der Waals surface area contributed by atoms with Gasteiger partial charge in [0.1, 0.15) is 0 Å². The van der Waals surface area contributed by atoms with E-state index < -0.39 is 0 Å². The molecule has 0 heterocycles. The molecule has 86 valence electrons. The van der Waals surface area contributed by atoms with E-state index in [1.807, 2.05) is 0 Å². The maximum atomic E-state index is 8.71. The summed E-state index contributed by atoms with van der Waals surface area (Å²) in [6.07, 6.45) is 11.6. The lowest BCUT2D eigenvalue weighted by atomic mass is 10.1. The zero-order valence-corrected chi connectivity index (χ0v) is 9.67. The van der Waals surface area contributed by atoms with Gasteiger partial charge in [-0.05, 0) is 6.42 Å². The average molecular weight is 201 g/mol. The van der Waals surface area contributed by atoms with Crippen LogP contribution < -0.4 is 5.73 Å². The van der Waals surface area contributed by atoms with E-state index in [2.05, 4.69) is 6.92 Å². The fourth-order valence-corrected chi connectivity index (χ4v) is 1.63. The molecule has 0 aliphatic heterocycles. The third-order valence-corrected chi connectivity index (χ3v) is 2.66. The normalized spacial score (nSPS) is 13.1. The molecule has 2 heteroatoms. The first-order valence-electron chi connectivity index (χ1n) is 6.17. The molecule has 1 atom stereocenters. The summed E-state index contributed by atoms with van der Waals surface area (Å²) in [6, 6.07) is 0.00934. The number of aliphatic hydroxyl groups is 1. The Hall–Kier alpha value is -0.0800. The highest BCUT2D eigenvalue weighted by Gasteiger charge is 1.98. The Bertz CT molecular complexity index is 106. The number of hydrogen-bond donors (Lipinski definition) is 2. The minimum atomic E-state index is 0.00934. The molecule has 0 aliphatic rings. The maximum Gasteiger partial charge on any atom is 0.0582 e. The van der Waals surface area contributed by atoms with Crippen LogP contribution in [0.25, 0.3) is 0 Å². The first-order chi connectivity index (χ1) is 6.81. The highest BCUT2D eigenvalue weighted by molar-refractivity contribution is 4.58. The SMILES string of the molecule is CCCCCCCCCC[C@H](N)CO. The van der Waals surface area contributed by atoms with E-state index in [0.29, 0.717) is 0 Å². The van der Waals surface area contributed by atoms with Crippen LogP contribution in [0, 0.1) is 0 Å². The highest BCUT2D eigenvalue weighted by atomic mass is 16.3. The van der Waals surface area contributed by atoms with Gasteiger partial charge in [0.15, 0.2) is 0 Å². The molecule has 0 fully saturated rings. The van der Waals surface area contributed by atoms with Crippen LogP contribution in [0.3, 0.4) is 0 Å². The van der Waals surface area contributed by atoms with E-state index in [1.165, 1.54) is 51.4 Å². The zero-order chi connectivity index (χ0) is 10.6. The second-order valence-electron chi connectivity index (χ2n) is 4.21. The Balaban J connectivity index is 2.92. The van der Waals surface area contributed by atoms with Gasteiger partial charge in [-0.25, -0.2) is 0 Å². The minimum absolute atomic E-state index is 0.00934. The molecule has 0 aromatic rings. The highest BCUT2D eigenvalue weighted by Crippen LogP contribution is 2.09. The van der Waals surface area contributed by atoms with Gasteiger partial charge < -0.3 is 10.8 Å². The first-order valence-corrected chi connectivity index (χ1v) is 6.17. The van der Waals surface area contributed by atoms with Crippen molar-refractivity contribution in [2.45, 2.75) is 70.8 Å². The molecule has 14 heavy (non-hydrogen) atoms. The Morgan fingerprint density at radius 1 is 0.929 bits per heavy atom. The summed E-state index contributed by atoms with van der Waals surface area (Å²) in [6.45, 7) is 2.38.